The van der Waals surface area contributed by atoms with Crippen molar-refractivity contribution in [3.63, 3.8) is 0 Å². The number of halogens is 2. The Morgan fingerprint density at radius 1 is 1.09 bits per heavy atom. The van der Waals surface area contributed by atoms with E-state index >= 15 is 0 Å². The Kier molecular flexibility index (Phi) is 5.98. The van der Waals surface area contributed by atoms with E-state index in [0.717, 1.165) is 10.0 Å². The molecule has 0 spiro atoms. The van der Waals surface area contributed by atoms with Crippen molar-refractivity contribution in [3.8, 4) is 0 Å². The average Bonchev–Trinajstić information content (AvgIpc) is 2.52. The number of benzene rings is 2. The van der Waals surface area contributed by atoms with E-state index in [-0.39, 0.29) is 19.1 Å². The van der Waals surface area contributed by atoms with Gasteiger partial charge in [0.2, 0.25) is 0 Å². The first kappa shape index (κ1) is 16.5. The Hall–Kier alpha value is -1.85. The zero-order chi connectivity index (χ0) is 15.9. The van der Waals surface area contributed by atoms with Crippen LogP contribution < -0.4 is 5.32 Å². The third-order valence-electron chi connectivity index (χ3n) is 2.85. The highest BCUT2D eigenvalue weighted by Gasteiger charge is 2.09. The number of carbonyl (C=O) groups excluding carboxylic acids is 2. The molecule has 0 aliphatic heterocycles. The van der Waals surface area contributed by atoms with Crippen molar-refractivity contribution in [2.24, 2.45) is 0 Å². The highest BCUT2D eigenvalue weighted by atomic mass is 79.9. The quantitative estimate of drug-likeness (QED) is 0.804. The summed E-state index contributed by atoms with van der Waals surface area (Å²) >= 11 is 9.25. The molecule has 0 aromatic heterocycles. The molecule has 0 fully saturated rings. The first-order valence-corrected chi connectivity index (χ1v) is 7.66. The summed E-state index contributed by atoms with van der Waals surface area (Å²) in [7, 11) is 0. The number of rotatable bonds is 5. The van der Waals surface area contributed by atoms with E-state index in [9.17, 15) is 9.59 Å². The van der Waals surface area contributed by atoms with Gasteiger partial charge in [-0.2, -0.15) is 0 Å². The largest absolute Gasteiger partial charge is 0.459 e. The van der Waals surface area contributed by atoms with Crippen molar-refractivity contribution in [1.82, 2.24) is 5.32 Å². The van der Waals surface area contributed by atoms with Crippen molar-refractivity contribution < 1.29 is 14.3 Å². The molecule has 0 heterocycles. The number of carbonyl (C=O) groups is 2. The molecule has 4 nitrogen and oxygen atoms in total. The molecule has 0 atom stereocenters. The van der Waals surface area contributed by atoms with Crippen molar-refractivity contribution in [1.29, 1.82) is 0 Å². The summed E-state index contributed by atoms with van der Waals surface area (Å²) in [5.41, 5.74) is 1.19. The molecule has 0 saturated carbocycles. The lowest BCUT2D eigenvalue weighted by atomic mass is 10.2. The van der Waals surface area contributed by atoms with E-state index in [0.29, 0.717) is 10.6 Å². The third-order valence-corrected chi connectivity index (χ3v) is 3.74. The minimum absolute atomic E-state index is 0.0761. The molecule has 2 aromatic rings. The lowest BCUT2D eigenvalue weighted by molar-refractivity contribution is -0.143. The fourth-order valence-corrected chi connectivity index (χ4v) is 2.14. The van der Waals surface area contributed by atoms with Crippen LogP contribution in [0.1, 0.15) is 15.9 Å². The van der Waals surface area contributed by atoms with E-state index in [1.807, 2.05) is 6.07 Å². The van der Waals surface area contributed by atoms with Crippen molar-refractivity contribution in [3.05, 3.63) is 69.2 Å². The van der Waals surface area contributed by atoms with Gasteiger partial charge in [-0.25, -0.2) is 0 Å². The zero-order valence-corrected chi connectivity index (χ0v) is 13.9. The Balaban J connectivity index is 1.79. The molecule has 0 aliphatic carbocycles. The van der Waals surface area contributed by atoms with Crippen LogP contribution in [-0.4, -0.2) is 18.4 Å². The first-order valence-electron chi connectivity index (χ1n) is 6.49. The number of nitrogens with one attached hydrogen (secondary N) is 1. The van der Waals surface area contributed by atoms with Crippen LogP contribution in [0.3, 0.4) is 0 Å². The number of hydrogen-bond acceptors (Lipinski definition) is 3. The van der Waals surface area contributed by atoms with Crippen LogP contribution in [0.4, 0.5) is 0 Å². The SMILES string of the molecule is O=C(CNC(=O)c1ccc(Br)cc1)OCc1ccccc1Cl. The molecular weight excluding hydrogens is 370 g/mol. The maximum absolute atomic E-state index is 11.8. The molecule has 2 rings (SSSR count). The van der Waals surface area contributed by atoms with Crippen molar-refractivity contribution in [2.45, 2.75) is 6.61 Å². The Labute approximate surface area is 141 Å². The molecule has 0 bridgehead atoms. The predicted octanol–water partition coefficient (Wildman–Crippen LogP) is 3.58. The summed E-state index contributed by atoms with van der Waals surface area (Å²) in [5.74, 6) is -0.854. The molecule has 0 unspecified atom stereocenters. The average molecular weight is 383 g/mol. The molecule has 1 N–H and O–H groups in total. The second kappa shape index (κ2) is 7.96. The fourth-order valence-electron chi connectivity index (χ4n) is 1.68. The van der Waals surface area contributed by atoms with E-state index in [1.165, 1.54) is 0 Å². The molecule has 6 heteroatoms. The van der Waals surface area contributed by atoms with Crippen LogP contribution in [-0.2, 0) is 16.1 Å². The van der Waals surface area contributed by atoms with Gasteiger partial charge in [0.25, 0.3) is 5.91 Å². The number of esters is 1. The van der Waals surface area contributed by atoms with Gasteiger partial charge in [0.1, 0.15) is 13.2 Å². The van der Waals surface area contributed by atoms with E-state index in [4.69, 9.17) is 16.3 Å². The van der Waals surface area contributed by atoms with Gasteiger partial charge in [-0.05, 0) is 30.3 Å². The van der Waals surface area contributed by atoms with Crippen LogP contribution in [0.15, 0.2) is 53.0 Å². The van der Waals surface area contributed by atoms with E-state index in [2.05, 4.69) is 21.2 Å². The molecule has 0 saturated heterocycles. The van der Waals surface area contributed by atoms with Crippen LogP contribution in [0, 0.1) is 0 Å². The lowest BCUT2D eigenvalue weighted by Crippen LogP contribution is -2.30. The van der Waals surface area contributed by atoms with E-state index < -0.39 is 5.97 Å². The monoisotopic (exact) mass is 381 g/mol. The number of amides is 1. The van der Waals surface area contributed by atoms with Crippen LogP contribution in [0.2, 0.25) is 5.02 Å². The van der Waals surface area contributed by atoms with Crippen molar-refractivity contribution in [2.75, 3.05) is 6.54 Å². The zero-order valence-electron chi connectivity index (χ0n) is 11.5. The Bertz CT molecular complexity index is 673. The van der Waals surface area contributed by atoms with Gasteiger partial charge in [0, 0.05) is 20.6 Å². The summed E-state index contributed by atoms with van der Waals surface area (Å²) in [5, 5.41) is 3.04. The summed E-state index contributed by atoms with van der Waals surface area (Å²) in [6, 6.07) is 13.9. The highest BCUT2D eigenvalue weighted by molar-refractivity contribution is 9.10. The highest BCUT2D eigenvalue weighted by Crippen LogP contribution is 2.15. The van der Waals surface area contributed by atoms with Gasteiger partial charge < -0.3 is 10.1 Å². The van der Waals surface area contributed by atoms with Gasteiger partial charge in [-0.1, -0.05) is 45.7 Å². The smallest absolute Gasteiger partial charge is 0.325 e. The number of hydrogen-bond donors (Lipinski definition) is 1. The van der Waals surface area contributed by atoms with Crippen LogP contribution in [0.25, 0.3) is 0 Å². The lowest BCUT2D eigenvalue weighted by Gasteiger charge is -2.08. The number of ether oxygens (including phenoxy) is 1. The summed E-state index contributed by atoms with van der Waals surface area (Å²) in [6.45, 7) is -0.119. The Morgan fingerprint density at radius 3 is 2.45 bits per heavy atom. The first-order chi connectivity index (χ1) is 10.6. The molecule has 114 valence electrons. The van der Waals surface area contributed by atoms with Crippen LogP contribution in [0.5, 0.6) is 0 Å². The molecular formula is C16H13BrClNO3. The van der Waals surface area contributed by atoms with E-state index in [1.54, 1.807) is 42.5 Å². The second-order valence-electron chi connectivity index (χ2n) is 4.44. The van der Waals surface area contributed by atoms with Gasteiger partial charge in [0.05, 0.1) is 0 Å². The van der Waals surface area contributed by atoms with Gasteiger partial charge in [-0.3, -0.25) is 9.59 Å². The molecule has 0 aliphatic rings. The topological polar surface area (TPSA) is 55.4 Å². The van der Waals surface area contributed by atoms with Gasteiger partial charge >= 0.3 is 5.97 Å². The third kappa shape index (κ3) is 4.86. The molecule has 2 aromatic carbocycles. The molecule has 0 radical (unpaired) electrons. The second-order valence-corrected chi connectivity index (χ2v) is 5.76. The fraction of sp³-hybridized carbons (Fsp3) is 0.125. The molecule has 1 amide bonds. The summed E-state index contributed by atoms with van der Waals surface area (Å²) < 4.78 is 5.95. The molecule has 22 heavy (non-hydrogen) atoms. The summed E-state index contributed by atoms with van der Waals surface area (Å²) in [4.78, 5) is 23.5. The minimum Gasteiger partial charge on any atom is -0.459 e. The summed E-state index contributed by atoms with van der Waals surface area (Å²) in [6.07, 6.45) is 0. The van der Waals surface area contributed by atoms with Crippen molar-refractivity contribution >= 4 is 39.4 Å². The van der Waals surface area contributed by atoms with Gasteiger partial charge in [0.15, 0.2) is 0 Å². The van der Waals surface area contributed by atoms with Crippen LogP contribution >= 0.6 is 27.5 Å². The minimum atomic E-state index is -0.523. The Morgan fingerprint density at radius 2 is 1.77 bits per heavy atom. The standard InChI is InChI=1S/C16H13BrClNO3/c17-13-7-5-11(6-8-13)16(21)19-9-15(20)22-10-12-3-1-2-4-14(12)18/h1-8H,9-10H2,(H,19,21). The predicted molar refractivity (Wildman–Crippen MR) is 87.7 cm³/mol. The maximum atomic E-state index is 11.8. The maximum Gasteiger partial charge on any atom is 0.325 e. The van der Waals surface area contributed by atoms with Gasteiger partial charge in [-0.15, -0.1) is 0 Å². The normalized spacial score (nSPS) is 10.1.